The minimum atomic E-state index is -4.09. The summed E-state index contributed by atoms with van der Waals surface area (Å²) in [7, 11) is -4.09. The first-order valence-corrected chi connectivity index (χ1v) is 10.2. The van der Waals surface area contributed by atoms with Gasteiger partial charge < -0.3 is 9.08 Å². The van der Waals surface area contributed by atoms with Crippen molar-refractivity contribution in [3.63, 3.8) is 0 Å². The quantitative estimate of drug-likeness (QED) is 0.509. The minimum Gasteiger partial charge on any atom is -0.379 e. The maximum absolute atomic E-state index is 13.0. The van der Waals surface area contributed by atoms with E-state index in [-0.39, 0.29) is 29.1 Å². The van der Waals surface area contributed by atoms with Crippen molar-refractivity contribution >= 4 is 27.6 Å². The molecule has 0 aromatic heterocycles. The molecule has 146 valence electrons. The SMILES string of the molecule is CC(C)N(Cc1cccc(OS(=O)(=O)c2ccc(F)cc2)c1)C(=O)[C@H](C)Cl. The van der Waals surface area contributed by atoms with Crippen LogP contribution in [-0.4, -0.2) is 30.6 Å². The number of benzene rings is 2. The first-order valence-electron chi connectivity index (χ1n) is 8.33. The summed E-state index contributed by atoms with van der Waals surface area (Å²) in [4.78, 5) is 13.7. The predicted octanol–water partition coefficient (Wildman–Crippen LogP) is 3.96. The van der Waals surface area contributed by atoms with E-state index in [1.54, 1.807) is 30.0 Å². The van der Waals surface area contributed by atoms with Gasteiger partial charge in [0.15, 0.2) is 0 Å². The maximum atomic E-state index is 13.0. The van der Waals surface area contributed by atoms with Crippen molar-refractivity contribution in [2.75, 3.05) is 0 Å². The Labute approximate surface area is 163 Å². The van der Waals surface area contributed by atoms with Gasteiger partial charge in [0, 0.05) is 12.6 Å². The lowest BCUT2D eigenvalue weighted by molar-refractivity contribution is -0.132. The zero-order valence-corrected chi connectivity index (χ0v) is 16.8. The second-order valence-electron chi connectivity index (χ2n) is 6.31. The van der Waals surface area contributed by atoms with E-state index in [2.05, 4.69) is 0 Å². The second kappa shape index (κ2) is 8.71. The highest BCUT2D eigenvalue weighted by Gasteiger charge is 2.22. The molecule has 2 aromatic carbocycles. The average Bonchev–Trinajstić information content (AvgIpc) is 2.59. The van der Waals surface area contributed by atoms with Crippen molar-refractivity contribution in [2.45, 2.75) is 43.6 Å². The highest BCUT2D eigenvalue weighted by Crippen LogP contribution is 2.22. The van der Waals surface area contributed by atoms with Gasteiger partial charge >= 0.3 is 10.1 Å². The molecule has 0 aliphatic carbocycles. The molecule has 2 aromatic rings. The zero-order valence-electron chi connectivity index (χ0n) is 15.2. The van der Waals surface area contributed by atoms with Crippen molar-refractivity contribution in [3.8, 4) is 5.75 Å². The number of amides is 1. The van der Waals surface area contributed by atoms with Crippen LogP contribution in [0.5, 0.6) is 5.75 Å². The molecule has 0 heterocycles. The Bertz CT molecular complexity index is 898. The molecule has 0 N–H and O–H groups in total. The third-order valence-electron chi connectivity index (χ3n) is 3.81. The Morgan fingerprint density at radius 2 is 1.78 bits per heavy atom. The molecule has 0 saturated carbocycles. The van der Waals surface area contributed by atoms with E-state index < -0.39 is 21.3 Å². The molecular formula is C19H21ClFNO4S. The number of hydrogen-bond acceptors (Lipinski definition) is 4. The molecule has 8 heteroatoms. The van der Waals surface area contributed by atoms with Gasteiger partial charge in [-0.25, -0.2) is 4.39 Å². The fraction of sp³-hybridized carbons (Fsp3) is 0.316. The largest absolute Gasteiger partial charge is 0.379 e. The van der Waals surface area contributed by atoms with Crippen molar-refractivity contribution in [1.82, 2.24) is 4.90 Å². The lowest BCUT2D eigenvalue weighted by atomic mass is 10.1. The number of carbonyl (C=O) groups is 1. The molecule has 0 spiro atoms. The van der Waals surface area contributed by atoms with E-state index in [1.807, 2.05) is 13.8 Å². The Morgan fingerprint density at radius 1 is 1.15 bits per heavy atom. The van der Waals surface area contributed by atoms with E-state index in [1.165, 1.54) is 6.07 Å². The highest BCUT2D eigenvalue weighted by atomic mass is 35.5. The van der Waals surface area contributed by atoms with Crippen LogP contribution in [0.2, 0.25) is 0 Å². The van der Waals surface area contributed by atoms with Crippen LogP contribution in [0.3, 0.4) is 0 Å². The van der Waals surface area contributed by atoms with Crippen molar-refractivity contribution in [2.24, 2.45) is 0 Å². The summed E-state index contributed by atoms with van der Waals surface area (Å²) in [6.45, 7) is 5.61. The molecule has 0 fully saturated rings. The lowest BCUT2D eigenvalue weighted by Crippen LogP contribution is -2.40. The summed E-state index contributed by atoms with van der Waals surface area (Å²) in [6, 6.07) is 10.7. The molecule has 27 heavy (non-hydrogen) atoms. The topological polar surface area (TPSA) is 63.7 Å². The third-order valence-corrected chi connectivity index (χ3v) is 5.25. The molecule has 0 bridgehead atoms. The summed E-state index contributed by atoms with van der Waals surface area (Å²) in [5, 5.41) is -0.661. The monoisotopic (exact) mass is 413 g/mol. The van der Waals surface area contributed by atoms with Crippen molar-refractivity contribution in [1.29, 1.82) is 0 Å². The first kappa shape index (κ1) is 21.2. The van der Waals surface area contributed by atoms with Gasteiger partial charge in [-0.15, -0.1) is 11.6 Å². The number of alkyl halides is 1. The van der Waals surface area contributed by atoms with E-state index in [4.69, 9.17) is 15.8 Å². The normalized spacial score (nSPS) is 12.7. The summed E-state index contributed by atoms with van der Waals surface area (Å²) < 4.78 is 42.8. The molecule has 1 amide bonds. The van der Waals surface area contributed by atoms with Gasteiger partial charge in [0.25, 0.3) is 0 Å². The average molecular weight is 414 g/mol. The van der Waals surface area contributed by atoms with Gasteiger partial charge in [0.05, 0.1) is 0 Å². The van der Waals surface area contributed by atoms with E-state index in [0.717, 1.165) is 24.3 Å². The number of nitrogens with zero attached hydrogens (tertiary/aromatic N) is 1. The molecule has 2 rings (SSSR count). The maximum Gasteiger partial charge on any atom is 0.339 e. The Morgan fingerprint density at radius 3 is 2.33 bits per heavy atom. The van der Waals surface area contributed by atoms with Crippen LogP contribution in [0.4, 0.5) is 4.39 Å². The van der Waals surface area contributed by atoms with Crippen LogP contribution >= 0.6 is 11.6 Å². The molecular weight excluding hydrogens is 393 g/mol. The molecule has 0 radical (unpaired) electrons. The number of halogens is 2. The first-order chi connectivity index (χ1) is 12.6. The second-order valence-corrected chi connectivity index (χ2v) is 8.52. The minimum absolute atomic E-state index is 0.0776. The highest BCUT2D eigenvalue weighted by molar-refractivity contribution is 7.87. The number of hydrogen-bond donors (Lipinski definition) is 0. The van der Waals surface area contributed by atoms with Gasteiger partial charge in [0.1, 0.15) is 21.8 Å². The standard InChI is InChI=1S/C19H21ClFNO4S/c1-13(2)22(19(23)14(3)20)12-15-5-4-6-17(11-15)26-27(24,25)18-9-7-16(21)8-10-18/h4-11,13-14H,12H2,1-3H3/t14-/m0/s1. The Balaban J connectivity index is 2.21. The zero-order chi connectivity index (χ0) is 20.2. The number of carbonyl (C=O) groups excluding carboxylic acids is 1. The Kier molecular flexibility index (Phi) is 6.84. The van der Waals surface area contributed by atoms with E-state index in [9.17, 15) is 17.6 Å². The van der Waals surface area contributed by atoms with Crippen LogP contribution < -0.4 is 4.18 Å². The summed E-state index contributed by atoms with van der Waals surface area (Å²) in [5.41, 5.74) is 0.696. The summed E-state index contributed by atoms with van der Waals surface area (Å²) in [5.74, 6) is -0.647. The number of rotatable bonds is 7. The van der Waals surface area contributed by atoms with Gasteiger partial charge in [0.2, 0.25) is 5.91 Å². The molecule has 0 aliphatic heterocycles. The fourth-order valence-electron chi connectivity index (χ4n) is 2.41. The molecule has 5 nitrogen and oxygen atoms in total. The lowest BCUT2D eigenvalue weighted by Gasteiger charge is -2.28. The van der Waals surface area contributed by atoms with Gasteiger partial charge in [-0.05, 0) is 62.7 Å². The molecule has 1 atom stereocenters. The fourth-order valence-corrected chi connectivity index (χ4v) is 3.46. The van der Waals surface area contributed by atoms with E-state index in [0.29, 0.717) is 5.56 Å². The molecule has 0 aliphatic rings. The van der Waals surface area contributed by atoms with Crippen molar-refractivity contribution in [3.05, 3.63) is 59.9 Å². The van der Waals surface area contributed by atoms with Crippen LogP contribution in [0.15, 0.2) is 53.4 Å². The smallest absolute Gasteiger partial charge is 0.339 e. The van der Waals surface area contributed by atoms with Gasteiger partial charge in [-0.3, -0.25) is 4.79 Å². The van der Waals surface area contributed by atoms with Gasteiger partial charge in [-0.1, -0.05) is 12.1 Å². The molecule has 0 saturated heterocycles. The van der Waals surface area contributed by atoms with Crippen LogP contribution in [0.1, 0.15) is 26.3 Å². The van der Waals surface area contributed by atoms with E-state index >= 15 is 0 Å². The molecule has 0 unspecified atom stereocenters. The van der Waals surface area contributed by atoms with Crippen LogP contribution in [0.25, 0.3) is 0 Å². The predicted molar refractivity (Wildman–Crippen MR) is 102 cm³/mol. The third kappa shape index (κ3) is 5.68. The van der Waals surface area contributed by atoms with Crippen molar-refractivity contribution < 1.29 is 21.8 Å². The van der Waals surface area contributed by atoms with Gasteiger partial charge in [-0.2, -0.15) is 8.42 Å². The van der Waals surface area contributed by atoms with Crippen LogP contribution in [0, 0.1) is 5.82 Å². The summed E-state index contributed by atoms with van der Waals surface area (Å²) in [6.07, 6.45) is 0. The van der Waals surface area contributed by atoms with Crippen LogP contribution in [-0.2, 0) is 21.5 Å². The Hall–Kier alpha value is -2.12. The summed E-state index contributed by atoms with van der Waals surface area (Å²) >= 11 is 5.91.